The predicted molar refractivity (Wildman–Crippen MR) is 88.7 cm³/mol. The van der Waals surface area contributed by atoms with Crippen LogP contribution in [0.4, 0.5) is 0 Å². The van der Waals surface area contributed by atoms with E-state index in [4.69, 9.17) is 5.10 Å². The quantitative estimate of drug-likeness (QED) is 0.859. The number of benzene rings is 1. The molecular weight excluding hydrogens is 258 g/mol. The number of fused-ring (bicyclic) bond motifs is 1. The molecule has 0 unspecified atom stereocenters. The van der Waals surface area contributed by atoms with Crippen molar-refractivity contribution >= 4 is 10.9 Å². The largest absolute Gasteiger partial charge is 0.306 e. The van der Waals surface area contributed by atoms with Gasteiger partial charge in [-0.15, -0.1) is 0 Å². The molecule has 0 bridgehead atoms. The van der Waals surface area contributed by atoms with Crippen LogP contribution < -0.4 is 0 Å². The number of hydrogen-bond acceptors (Lipinski definition) is 2. The van der Waals surface area contributed by atoms with Crippen molar-refractivity contribution in [3.05, 3.63) is 29.5 Å². The Bertz CT molecular complexity index is 619. The van der Waals surface area contributed by atoms with E-state index in [9.17, 15) is 0 Å². The maximum Gasteiger partial charge on any atom is 0.0706 e. The summed E-state index contributed by atoms with van der Waals surface area (Å²) in [4.78, 5) is 2.43. The first-order chi connectivity index (χ1) is 10.0. The second-order valence-corrected chi connectivity index (χ2v) is 6.95. The van der Waals surface area contributed by atoms with Gasteiger partial charge in [0, 0.05) is 12.4 Å². The second kappa shape index (κ2) is 5.80. The van der Waals surface area contributed by atoms with Crippen LogP contribution in [-0.4, -0.2) is 34.8 Å². The lowest BCUT2D eigenvalue weighted by atomic mass is 9.91. The van der Waals surface area contributed by atoms with Gasteiger partial charge in [0.25, 0.3) is 0 Å². The number of aryl methyl sites for hydroxylation is 1. The lowest BCUT2D eigenvalue weighted by molar-refractivity contribution is 0.218. The molecule has 0 radical (unpaired) electrons. The molecule has 1 saturated heterocycles. The van der Waals surface area contributed by atoms with Crippen molar-refractivity contribution in [2.24, 2.45) is 13.0 Å². The average Bonchev–Trinajstić information content (AvgIpc) is 2.77. The summed E-state index contributed by atoms with van der Waals surface area (Å²) in [7, 11) is 4.29. The fourth-order valence-corrected chi connectivity index (χ4v) is 3.41. The molecule has 2 aromatic rings. The van der Waals surface area contributed by atoms with Crippen LogP contribution in [0, 0.1) is 5.92 Å². The van der Waals surface area contributed by atoms with E-state index in [1.165, 1.54) is 48.1 Å². The van der Waals surface area contributed by atoms with Crippen LogP contribution in [0.2, 0.25) is 0 Å². The molecular formula is C18H27N3. The molecule has 0 atom stereocenters. The van der Waals surface area contributed by atoms with E-state index in [0.29, 0.717) is 5.92 Å². The van der Waals surface area contributed by atoms with Gasteiger partial charge < -0.3 is 4.90 Å². The van der Waals surface area contributed by atoms with Crippen molar-refractivity contribution in [3.8, 4) is 0 Å². The van der Waals surface area contributed by atoms with Crippen LogP contribution in [0.25, 0.3) is 10.9 Å². The summed E-state index contributed by atoms with van der Waals surface area (Å²) in [5.41, 5.74) is 3.98. The summed E-state index contributed by atoms with van der Waals surface area (Å²) in [6.07, 6.45) is 3.74. The Labute approximate surface area is 127 Å². The van der Waals surface area contributed by atoms with E-state index in [1.807, 2.05) is 4.68 Å². The summed E-state index contributed by atoms with van der Waals surface area (Å²) < 4.78 is 2.05. The normalized spacial score (nSPS) is 18.0. The Morgan fingerprint density at radius 1 is 1.19 bits per heavy atom. The van der Waals surface area contributed by atoms with Crippen LogP contribution >= 0.6 is 0 Å². The molecule has 1 aromatic heterocycles. The van der Waals surface area contributed by atoms with Crippen molar-refractivity contribution in [3.63, 3.8) is 0 Å². The van der Waals surface area contributed by atoms with Crippen LogP contribution in [0.1, 0.15) is 43.9 Å². The minimum absolute atomic E-state index is 0.575. The topological polar surface area (TPSA) is 21.1 Å². The van der Waals surface area contributed by atoms with Crippen LogP contribution in [0.5, 0.6) is 0 Å². The van der Waals surface area contributed by atoms with Gasteiger partial charge in [-0.25, -0.2) is 0 Å². The maximum atomic E-state index is 4.81. The van der Waals surface area contributed by atoms with E-state index in [0.717, 1.165) is 12.3 Å². The van der Waals surface area contributed by atoms with Gasteiger partial charge in [0.2, 0.25) is 0 Å². The zero-order valence-electron chi connectivity index (χ0n) is 13.8. The highest BCUT2D eigenvalue weighted by Gasteiger charge is 2.20. The summed E-state index contributed by atoms with van der Waals surface area (Å²) in [5.74, 6) is 1.37. The lowest BCUT2D eigenvalue weighted by Gasteiger charge is -2.28. The zero-order valence-corrected chi connectivity index (χ0v) is 13.8. The number of likely N-dealkylation sites (tertiary alicyclic amines) is 1. The Morgan fingerprint density at radius 2 is 1.90 bits per heavy atom. The van der Waals surface area contributed by atoms with Crippen LogP contribution in [0.3, 0.4) is 0 Å². The smallest absolute Gasteiger partial charge is 0.0706 e. The lowest BCUT2D eigenvalue weighted by Crippen LogP contribution is -2.31. The molecule has 1 aliphatic heterocycles. The first-order valence-electron chi connectivity index (χ1n) is 8.18. The Morgan fingerprint density at radius 3 is 2.57 bits per heavy atom. The third-order valence-corrected chi connectivity index (χ3v) is 4.94. The molecule has 0 spiro atoms. The van der Waals surface area contributed by atoms with E-state index < -0.39 is 0 Å². The Balaban J connectivity index is 1.89. The second-order valence-electron chi connectivity index (χ2n) is 6.95. The summed E-state index contributed by atoms with van der Waals surface area (Å²) in [5, 5.41) is 6.17. The van der Waals surface area contributed by atoms with Crippen molar-refractivity contribution in [2.75, 3.05) is 20.1 Å². The van der Waals surface area contributed by atoms with E-state index >= 15 is 0 Å². The van der Waals surface area contributed by atoms with Gasteiger partial charge in [-0.2, -0.15) is 5.10 Å². The predicted octanol–water partition coefficient (Wildman–Crippen LogP) is 3.58. The molecule has 21 heavy (non-hydrogen) atoms. The number of rotatable bonds is 3. The van der Waals surface area contributed by atoms with Crippen molar-refractivity contribution < 1.29 is 0 Å². The molecule has 0 amide bonds. The van der Waals surface area contributed by atoms with Crippen molar-refractivity contribution in [1.29, 1.82) is 0 Å². The third kappa shape index (κ3) is 2.98. The number of piperidine rings is 1. The summed E-state index contributed by atoms with van der Waals surface area (Å²) in [6.45, 7) is 6.97. The van der Waals surface area contributed by atoms with Gasteiger partial charge >= 0.3 is 0 Å². The molecule has 3 heteroatoms. The van der Waals surface area contributed by atoms with Crippen LogP contribution in [0.15, 0.2) is 18.2 Å². The fraction of sp³-hybridized carbons (Fsp3) is 0.611. The van der Waals surface area contributed by atoms with E-state index in [1.54, 1.807) is 0 Å². The zero-order chi connectivity index (χ0) is 15.0. The summed E-state index contributed by atoms with van der Waals surface area (Å²) >= 11 is 0. The molecule has 1 aromatic carbocycles. The highest BCUT2D eigenvalue weighted by atomic mass is 15.3. The molecule has 3 nitrogen and oxygen atoms in total. The van der Waals surface area contributed by atoms with Gasteiger partial charge in [0.15, 0.2) is 0 Å². The molecule has 0 saturated carbocycles. The van der Waals surface area contributed by atoms with Crippen molar-refractivity contribution in [1.82, 2.24) is 14.7 Å². The summed E-state index contributed by atoms with van der Waals surface area (Å²) in [6, 6.07) is 6.83. The highest BCUT2D eigenvalue weighted by molar-refractivity contribution is 5.82. The minimum atomic E-state index is 0.575. The van der Waals surface area contributed by atoms with Crippen molar-refractivity contribution in [2.45, 2.75) is 39.0 Å². The van der Waals surface area contributed by atoms with E-state index in [-0.39, 0.29) is 0 Å². The third-order valence-electron chi connectivity index (χ3n) is 4.94. The monoisotopic (exact) mass is 285 g/mol. The number of aromatic nitrogens is 2. The fourth-order valence-electron chi connectivity index (χ4n) is 3.41. The standard InChI is InChI=1S/C18H27N3/c1-13(2)15-5-6-18-16(12-15)17(19-21(18)4)11-14-7-9-20(3)10-8-14/h5-6,12-14H,7-11H2,1-4H3. The average molecular weight is 285 g/mol. The minimum Gasteiger partial charge on any atom is -0.306 e. The van der Waals surface area contributed by atoms with Crippen LogP contribution in [-0.2, 0) is 13.5 Å². The molecule has 3 rings (SSSR count). The SMILES string of the molecule is CC(C)c1ccc2c(c1)c(CC1CCN(C)CC1)nn2C. The number of nitrogens with zero attached hydrogens (tertiary/aromatic N) is 3. The maximum absolute atomic E-state index is 4.81. The highest BCUT2D eigenvalue weighted by Crippen LogP contribution is 2.27. The van der Waals surface area contributed by atoms with E-state index in [2.05, 4.69) is 51.0 Å². The molecule has 0 N–H and O–H groups in total. The van der Waals surface area contributed by atoms with Gasteiger partial charge in [-0.1, -0.05) is 19.9 Å². The first-order valence-corrected chi connectivity index (χ1v) is 8.18. The Kier molecular flexibility index (Phi) is 4.03. The van der Waals surface area contributed by atoms with Gasteiger partial charge in [0.05, 0.1) is 11.2 Å². The molecule has 114 valence electrons. The molecule has 1 aliphatic rings. The van der Waals surface area contributed by atoms with Gasteiger partial charge in [0.1, 0.15) is 0 Å². The first kappa shape index (κ1) is 14.6. The Hall–Kier alpha value is -1.35. The molecule has 0 aliphatic carbocycles. The number of hydrogen-bond donors (Lipinski definition) is 0. The van der Waals surface area contributed by atoms with Gasteiger partial charge in [-0.05, 0) is 68.9 Å². The molecule has 2 heterocycles. The van der Waals surface area contributed by atoms with Gasteiger partial charge in [-0.3, -0.25) is 4.68 Å². The molecule has 1 fully saturated rings.